The Kier molecular flexibility index (Phi) is 8.53. The summed E-state index contributed by atoms with van der Waals surface area (Å²) >= 11 is 1.13. The number of methoxy groups -OCH3 is 2. The third kappa shape index (κ3) is 6.28. The van der Waals surface area contributed by atoms with Gasteiger partial charge in [0.25, 0.3) is 5.22 Å². The number of ether oxygens (including phenoxy) is 2. The van der Waals surface area contributed by atoms with Gasteiger partial charge in [0.2, 0.25) is 17.7 Å². The minimum Gasteiger partial charge on any atom is -0.497 e. The molecule has 10 heteroatoms. The lowest BCUT2D eigenvalue weighted by molar-refractivity contribution is -0.132. The SMILES string of the molecule is CCc1ccccc1NC(=O)CN(C)C(=O)C(C)Sc1nnc(-c2cc(OC)cc(OC)c2)o1. The molecule has 0 saturated heterocycles. The van der Waals surface area contributed by atoms with Crippen LogP contribution in [0.4, 0.5) is 5.69 Å². The van der Waals surface area contributed by atoms with Gasteiger partial charge in [-0.1, -0.05) is 36.9 Å². The highest BCUT2D eigenvalue weighted by atomic mass is 32.2. The first kappa shape index (κ1) is 25.1. The zero-order chi connectivity index (χ0) is 24.7. The van der Waals surface area contributed by atoms with E-state index >= 15 is 0 Å². The van der Waals surface area contributed by atoms with E-state index in [0.717, 1.165) is 29.4 Å². The summed E-state index contributed by atoms with van der Waals surface area (Å²) in [6.45, 7) is 3.68. The molecule has 0 bridgehead atoms. The standard InChI is InChI=1S/C24H28N4O5S/c1-6-16-9-7-8-10-20(16)25-21(29)14-28(3)23(30)15(2)34-24-27-26-22(33-24)17-11-18(31-4)13-19(12-17)32-5/h7-13,15H,6,14H2,1-5H3,(H,25,29). The summed E-state index contributed by atoms with van der Waals surface area (Å²) < 4.78 is 16.3. The highest BCUT2D eigenvalue weighted by Gasteiger charge is 2.23. The largest absolute Gasteiger partial charge is 0.497 e. The van der Waals surface area contributed by atoms with Crippen molar-refractivity contribution >= 4 is 29.3 Å². The van der Waals surface area contributed by atoms with Crippen LogP contribution in [0.5, 0.6) is 11.5 Å². The number of aromatic nitrogens is 2. The van der Waals surface area contributed by atoms with Crippen LogP contribution in [0.2, 0.25) is 0 Å². The van der Waals surface area contributed by atoms with Crippen LogP contribution in [-0.4, -0.2) is 60.0 Å². The summed E-state index contributed by atoms with van der Waals surface area (Å²) in [4.78, 5) is 26.7. The van der Waals surface area contributed by atoms with Gasteiger partial charge in [0.1, 0.15) is 11.5 Å². The Morgan fingerprint density at radius 3 is 2.44 bits per heavy atom. The van der Waals surface area contributed by atoms with Gasteiger partial charge in [-0.15, -0.1) is 10.2 Å². The Morgan fingerprint density at radius 1 is 1.12 bits per heavy atom. The smallest absolute Gasteiger partial charge is 0.277 e. The second-order valence-electron chi connectivity index (χ2n) is 7.49. The molecular formula is C24H28N4O5S. The molecule has 0 saturated carbocycles. The van der Waals surface area contributed by atoms with E-state index in [9.17, 15) is 9.59 Å². The summed E-state index contributed by atoms with van der Waals surface area (Å²) in [5.41, 5.74) is 2.43. The van der Waals surface area contributed by atoms with E-state index < -0.39 is 5.25 Å². The number of thioether (sulfide) groups is 1. The number of para-hydroxylation sites is 1. The Hall–Kier alpha value is -3.53. The number of rotatable bonds is 10. The quantitative estimate of drug-likeness (QED) is 0.432. The molecule has 0 fully saturated rings. The van der Waals surface area contributed by atoms with Crippen LogP contribution in [0.1, 0.15) is 19.4 Å². The van der Waals surface area contributed by atoms with Gasteiger partial charge in [-0.3, -0.25) is 9.59 Å². The van der Waals surface area contributed by atoms with Gasteiger partial charge in [0, 0.05) is 24.4 Å². The molecule has 3 aromatic rings. The van der Waals surface area contributed by atoms with Crippen molar-refractivity contribution in [1.82, 2.24) is 15.1 Å². The molecule has 2 aromatic carbocycles. The number of likely N-dealkylation sites (N-methyl/N-ethyl adjacent to an activating group) is 1. The first-order chi connectivity index (χ1) is 16.3. The zero-order valence-electron chi connectivity index (χ0n) is 19.8. The van der Waals surface area contributed by atoms with Crippen molar-refractivity contribution in [3.05, 3.63) is 48.0 Å². The molecule has 9 nitrogen and oxygen atoms in total. The summed E-state index contributed by atoms with van der Waals surface area (Å²) in [7, 11) is 4.70. The number of benzene rings is 2. The summed E-state index contributed by atoms with van der Waals surface area (Å²) in [5, 5.41) is 10.7. The molecule has 1 N–H and O–H groups in total. The van der Waals surface area contributed by atoms with Crippen LogP contribution in [0.15, 0.2) is 52.1 Å². The lowest BCUT2D eigenvalue weighted by atomic mass is 10.1. The average Bonchev–Trinajstić information content (AvgIpc) is 3.31. The van der Waals surface area contributed by atoms with E-state index in [2.05, 4.69) is 15.5 Å². The number of carbonyl (C=O) groups is 2. The number of aryl methyl sites for hydroxylation is 1. The predicted molar refractivity (Wildman–Crippen MR) is 130 cm³/mol. The van der Waals surface area contributed by atoms with Gasteiger partial charge >= 0.3 is 0 Å². The number of hydrogen-bond donors (Lipinski definition) is 1. The third-order valence-corrected chi connectivity index (χ3v) is 5.98. The van der Waals surface area contributed by atoms with Crippen molar-refractivity contribution < 1.29 is 23.5 Å². The fraction of sp³-hybridized carbons (Fsp3) is 0.333. The number of hydrogen-bond acceptors (Lipinski definition) is 8. The summed E-state index contributed by atoms with van der Waals surface area (Å²) in [6.07, 6.45) is 0.799. The maximum absolute atomic E-state index is 12.8. The number of nitrogens with one attached hydrogen (secondary N) is 1. The van der Waals surface area contributed by atoms with Crippen LogP contribution in [0.3, 0.4) is 0 Å². The average molecular weight is 485 g/mol. The monoisotopic (exact) mass is 484 g/mol. The molecule has 0 aliphatic rings. The topological polar surface area (TPSA) is 107 Å². The number of nitrogens with zero attached hydrogens (tertiary/aromatic N) is 3. The van der Waals surface area contributed by atoms with Crippen molar-refractivity contribution in [1.29, 1.82) is 0 Å². The minimum atomic E-state index is -0.533. The van der Waals surface area contributed by atoms with E-state index in [1.54, 1.807) is 46.4 Å². The molecule has 3 rings (SSSR count). The van der Waals surface area contributed by atoms with Crippen molar-refractivity contribution in [2.45, 2.75) is 30.7 Å². The van der Waals surface area contributed by atoms with E-state index in [1.165, 1.54) is 4.90 Å². The zero-order valence-corrected chi connectivity index (χ0v) is 20.6. The van der Waals surface area contributed by atoms with Gasteiger partial charge in [-0.25, -0.2) is 0 Å². The molecule has 0 aliphatic carbocycles. The molecule has 1 aromatic heterocycles. The maximum Gasteiger partial charge on any atom is 0.277 e. The van der Waals surface area contributed by atoms with Crippen molar-refractivity contribution in [2.24, 2.45) is 0 Å². The summed E-state index contributed by atoms with van der Waals surface area (Å²) in [5.74, 6) is 0.966. The van der Waals surface area contributed by atoms with Gasteiger partial charge < -0.3 is 24.1 Å². The van der Waals surface area contributed by atoms with Crippen molar-refractivity contribution in [2.75, 3.05) is 33.1 Å². The normalized spacial score (nSPS) is 11.6. The number of anilines is 1. The fourth-order valence-electron chi connectivity index (χ4n) is 3.25. The minimum absolute atomic E-state index is 0.0690. The highest BCUT2D eigenvalue weighted by Crippen LogP contribution is 2.31. The van der Waals surface area contributed by atoms with Crippen LogP contribution >= 0.6 is 11.8 Å². The third-order valence-electron chi connectivity index (χ3n) is 5.06. The van der Waals surface area contributed by atoms with Crippen LogP contribution < -0.4 is 14.8 Å². The molecule has 1 heterocycles. The first-order valence-corrected chi connectivity index (χ1v) is 11.6. The van der Waals surface area contributed by atoms with E-state index in [1.807, 2.05) is 31.2 Å². The van der Waals surface area contributed by atoms with Gasteiger partial charge in [0.05, 0.1) is 26.0 Å². The summed E-state index contributed by atoms with van der Waals surface area (Å²) in [6, 6.07) is 12.8. The second kappa shape index (κ2) is 11.6. The van der Waals surface area contributed by atoms with Crippen molar-refractivity contribution in [3.8, 4) is 23.0 Å². The lowest BCUT2D eigenvalue weighted by Gasteiger charge is -2.20. The molecule has 0 radical (unpaired) electrons. The Labute approximate surface area is 202 Å². The molecule has 2 amide bonds. The number of amides is 2. The van der Waals surface area contributed by atoms with Gasteiger partial charge in [0.15, 0.2) is 0 Å². The highest BCUT2D eigenvalue weighted by molar-refractivity contribution is 8.00. The first-order valence-electron chi connectivity index (χ1n) is 10.7. The Balaban J connectivity index is 1.60. The van der Waals surface area contributed by atoms with Crippen LogP contribution in [0, 0.1) is 0 Å². The maximum atomic E-state index is 12.8. The molecule has 34 heavy (non-hydrogen) atoms. The second-order valence-corrected chi connectivity index (χ2v) is 8.78. The van der Waals surface area contributed by atoms with E-state index in [-0.39, 0.29) is 29.5 Å². The molecule has 1 unspecified atom stereocenters. The van der Waals surface area contributed by atoms with E-state index in [0.29, 0.717) is 17.1 Å². The van der Waals surface area contributed by atoms with Crippen LogP contribution in [-0.2, 0) is 16.0 Å². The van der Waals surface area contributed by atoms with Gasteiger partial charge in [-0.2, -0.15) is 0 Å². The molecule has 0 spiro atoms. The predicted octanol–water partition coefficient (Wildman–Crippen LogP) is 3.89. The Bertz CT molecular complexity index is 1130. The Morgan fingerprint density at radius 2 is 1.79 bits per heavy atom. The van der Waals surface area contributed by atoms with Crippen LogP contribution in [0.25, 0.3) is 11.5 Å². The molecule has 180 valence electrons. The molecule has 1 atom stereocenters. The van der Waals surface area contributed by atoms with Gasteiger partial charge in [-0.05, 0) is 37.1 Å². The van der Waals surface area contributed by atoms with Crippen molar-refractivity contribution in [3.63, 3.8) is 0 Å². The van der Waals surface area contributed by atoms with E-state index in [4.69, 9.17) is 13.9 Å². The molecular weight excluding hydrogens is 456 g/mol. The molecule has 0 aliphatic heterocycles. The number of carbonyl (C=O) groups excluding carboxylic acids is 2. The lowest BCUT2D eigenvalue weighted by Crippen LogP contribution is -2.39. The fourth-order valence-corrected chi connectivity index (χ4v) is 4.05.